The van der Waals surface area contributed by atoms with Crippen LogP contribution in [0.5, 0.6) is 0 Å². The van der Waals surface area contributed by atoms with E-state index < -0.39 is 17.8 Å². The highest BCUT2D eigenvalue weighted by molar-refractivity contribution is 7.18. The van der Waals surface area contributed by atoms with Crippen LogP contribution in [0.2, 0.25) is 5.02 Å². The Hall–Kier alpha value is -2.26. The molecule has 2 aromatic rings. The molecule has 2 amide bonds. The van der Waals surface area contributed by atoms with E-state index in [9.17, 15) is 14.0 Å². The molecule has 1 fully saturated rings. The van der Waals surface area contributed by atoms with Crippen LogP contribution in [0.15, 0.2) is 18.2 Å². The Morgan fingerprint density at radius 1 is 1.23 bits per heavy atom. The van der Waals surface area contributed by atoms with Gasteiger partial charge in [-0.05, 0) is 37.8 Å². The van der Waals surface area contributed by atoms with Crippen molar-refractivity contribution in [1.82, 2.24) is 15.5 Å². The summed E-state index contributed by atoms with van der Waals surface area (Å²) in [7, 11) is 0. The molecule has 0 aliphatic heterocycles. The SMILES string of the molecule is O=C(Nc1nnc(-c2c(F)cccc2Cl)s1)NC1CCC(C(=O)O)CC1. The zero-order valence-electron chi connectivity index (χ0n) is 13.5. The maximum absolute atomic E-state index is 13.9. The monoisotopic (exact) mass is 398 g/mol. The Balaban J connectivity index is 1.58. The second-order valence-electron chi connectivity index (χ2n) is 5.99. The average Bonchev–Trinajstić information content (AvgIpc) is 3.03. The Morgan fingerprint density at radius 2 is 1.96 bits per heavy atom. The molecule has 3 N–H and O–H groups in total. The lowest BCUT2D eigenvalue weighted by atomic mass is 9.86. The molecule has 0 unspecified atom stereocenters. The van der Waals surface area contributed by atoms with E-state index in [0.29, 0.717) is 25.7 Å². The number of nitrogens with zero attached hydrogens (tertiary/aromatic N) is 2. The van der Waals surface area contributed by atoms with Crippen molar-refractivity contribution in [3.63, 3.8) is 0 Å². The van der Waals surface area contributed by atoms with Gasteiger partial charge in [-0.2, -0.15) is 0 Å². The Morgan fingerprint density at radius 3 is 2.62 bits per heavy atom. The Kier molecular flexibility index (Phi) is 5.67. The number of carbonyl (C=O) groups is 2. The van der Waals surface area contributed by atoms with Gasteiger partial charge in [0, 0.05) is 6.04 Å². The maximum Gasteiger partial charge on any atom is 0.321 e. The third-order valence-corrected chi connectivity index (χ3v) is 5.40. The van der Waals surface area contributed by atoms with Gasteiger partial charge in [0.05, 0.1) is 16.5 Å². The predicted octanol–water partition coefficient (Wildman–Crippen LogP) is 3.76. The average molecular weight is 399 g/mol. The van der Waals surface area contributed by atoms with Gasteiger partial charge < -0.3 is 10.4 Å². The Labute approximate surface area is 157 Å². The molecule has 10 heteroatoms. The van der Waals surface area contributed by atoms with Gasteiger partial charge >= 0.3 is 12.0 Å². The number of hydrogen-bond donors (Lipinski definition) is 3. The fourth-order valence-corrected chi connectivity index (χ4v) is 3.99. The number of amides is 2. The van der Waals surface area contributed by atoms with Gasteiger partial charge in [0.15, 0.2) is 5.01 Å². The first-order valence-corrected chi connectivity index (χ1v) is 9.21. The number of anilines is 1. The molecule has 3 rings (SSSR count). The van der Waals surface area contributed by atoms with Crippen LogP contribution in [-0.4, -0.2) is 33.3 Å². The first-order valence-electron chi connectivity index (χ1n) is 8.02. The van der Waals surface area contributed by atoms with Crippen LogP contribution in [0.25, 0.3) is 10.6 Å². The number of carbonyl (C=O) groups excluding carboxylic acids is 1. The summed E-state index contributed by atoms with van der Waals surface area (Å²) in [6, 6.07) is 3.78. The molecule has 0 bridgehead atoms. The lowest BCUT2D eigenvalue weighted by molar-refractivity contribution is -0.142. The van der Waals surface area contributed by atoms with E-state index in [4.69, 9.17) is 16.7 Å². The van der Waals surface area contributed by atoms with Crippen molar-refractivity contribution in [2.24, 2.45) is 5.92 Å². The van der Waals surface area contributed by atoms with Crippen LogP contribution < -0.4 is 10.6 Å². The maximum atomic E-state index is 13.9. The van der Waals surface area contributed by atoms with E-state index in [1.165, 1.54) is 12.1 Å². The first-order chi connectivity index (χ1) is 12.4. The molecule has 26 heavy (non-hydrogen) atoms. The Bertz CT molecular complexity index is 803. The minimum Gasteiger partial charge on any atom is -0.481 e. The van der Waals surface area contributed by atoms with Gasteiger partial charge in [-0.15, -0.1) is 10.2 Å². The normalized spacial score (nSPS) is 19.8. The summed E-state index contributed by atoms with van der Waals surface area (Å²) >= 11 is 7.01. The summed E-state index contributed by atoms with van der Waals surface area (Å²) < 4.78 is 13.9. The molecular weight excluding hydrogens is 383 g/mol. The molecule has 0 saturated heterocycles. The van der Waals surface area contributed by atoms with Crippen molar-refractivity contribution >= 4 is 40.1 Å². The topological polar surface area (TPSA) is 104 Å². The summed E-state index contributed by atoms with van der Waals surface area (Å²) in [6.45, 7) is 0. The molecule has 1 heterocycles. The second kappa shape index (κ2) is 7.96. The van der Waals surface area contributed by atoms with Crippen LogP contribution in [0.4, 0.5) is 14.3 Å². The van der Waals surface area contributed by atoms with Crippen molar-refractivity contribution in [1.29, 1.82) is 0 Å². The van der Waals surface area contributed by atoms with Crippen LogP contribution in [0.1, 0.15) is 25.7 Å². The number of hydrogen-bond acceptors (Lipinski definition) is 5. The van der Waals surface area contributed by atoms with Crippen molar-refractivity contribution < 1.29 is 19.1 Å². The predicted molar refractivity (Wildman–Crippen MR) is 95.8 cm³/mol. The molecule has 0 spiro atoms. The largest absolute Gasteiger partial charge is 0.481 e. The van der Waals surface area contributed by atoms with Crippen LogP contribution in [0, 0.1) is 11.7 Å². The van der Waals surface area contributed by atoms with Crippen molar-refractivity contribution in [3.8, 4) is 10.6 Å². The fraction of sp³-hybridized carbons (Fsp3) is 0.375. The zero-order valence-corrected chi connectivity index (χ0v) is 15.1. The van der Waals surface area contributed by atoms with E-state index in [1.807, 2.05) is 0 Å². The van der Waals surface area contributed by atoms with Gasteiger partial charge in [0.2, 0.25) is 5.13 Å². The number of carboxylic acid groups (broad SMARTS) is 1. The third-order valence-electron chi connectivity index (χ3n) is 4.23. The highest BCUT2D eigenvalue weighted by atomic mass is 35.5. The van der Waals surface area contributed by atoms with Gasteiger partial charge in [0.25, 0.3) is 0 Å². The quantitative estimate of drug-likeness (QED) is 0.727. The molecule has 1 aliphatic carbocycles. The molecule has 1 saturated carbocycles. The minimum atomic E-state index is -0.791. The molecule has 0 atom stereocenters. The van der Waals surface area contributed by atoms with Gasteiger partial charge in [-0.25, -0.2) is 9.18 Å². The summed E-state index contributed by atoms with van der Waals surface area (Å²) in [4.78, 5) is 23.0. The van der Waals surface area contributed by atoms with Crippen LogP contribution in [-0.2, 0) is 4.79 Å². The second-order valence-corrected chi connectivity index (χ2v) is 7.38. The first kappa shape index (κ1) is 18.5. The van der Waals surface area contributed by atoms with E-state index in [1.54, 1.807) is 6.07 Å². The number of halogens is 2. The summed E-state index contributed by atoms with van der Waals surface area (Å²) in [5.41, 5.74) is 0.145. The van der Waals surface area contributed by atoms with E-state index in [2.05, 4.69) is 20.8 Å². The van der Waals surface area contributed by atoms with Crippen molar-refractivity contribution in [2.45, 2.75) is 31.7 Å². The zero-order chi connectivity index (χ0) is 18.7. The van der Waals surface area contributed by atoms with Crippen LogP contribution >= 0.6 is 22.9 Å². The molecule has 1 aromatic heterocycles. The summed E-state index contributed by atoms with van der Waals surface area (Å²) in [5.74, 6) is -1.65. The van der Waals surface area contributed by atoms with Crippen molar-refractivity contribution in [3.05, 3.63) is 29.0 Å². The molecule has 1 aliphatic rings. The molecule has 1 aromatic carbocycles. The van der Waals surface area contributed by atoms with E-state index >= 15 is 0 Å². The summed E-state index contributed by atoms with van der Waals surface area (Å²) in [6.07, 6.45) is 2.29. The molecular formula is C16H16ClFN4O3S. The standard InChI is InChI=1S/C16H16ClFN4O3S/c17-10-2-1-3-11(18)12(10)13-21-22-16(26-13)20-15(25)19-9-6-4-8(5-7-9)14(23)24/h1-3,8-9H,4-7H2,(H,23,24)(H2,19,20,22,25). The number of rotatable bonds is 4. The van der Waals surface area contributed by atoms with Gasteiger partial charge in [-0.1, -0.05) is 29.0 Å². The molecule has 138 valence electrons. The van der Waals surface area contributed by atoms with Crippen molar-refractivity contribution in [2.75, 3.05) is 5.32 Å². The smallest absolute Gasteiger partial charge is 0.321 e. The highest BCUT2D eigenvalue weighted by Crippen LogP contribution is 2.34. The van der Waals surface area contributed by atoms with E-state index in [0.717, 1.165) is 11.3 Å². The molecule has 7 nitrogen and oxygen atoms in total. The van der Waals surface area contributed by atoms with E-state index in [-0.39, 0.29) is 32.7 Å². The third kappa shape index (κ3) is 4.28. The highest BCUT2D eigenvalue weighted by Gasteiger charge is 2.27. The lowest BCUT2D eigenvalue weighted by Gasteiger charge is -2.26. The van der Waals surface area contributed by atoms with Crippen LogP contribution in [0.3, 0.4) is 0 Å². The number of aromatic nitrogens is 2. The minimum absolute atomic E-state index is 0.0843. The number of aliphatic carboxylic acids is 1. The van der Waals surface area contributed by atoms with Gasteiger partial charge in [0.1, 0.15) is 5.82 Å². The molecule has 0 radical (unpaired) electrons. The number of carboxylic acids is 1. The summed E-state index contributed by atoms with van der Waals surface area (Å²) in [5, 5.41) is 22.8. The number of benzene rings is 1. The number of nitrogens with one attached hydrogen (secondary N) is 2. The van der Waals surface area contributed by atoms with Gasteiger partial charge in [-0.3, -0.25) is 10.1 Å². The lowest BCUT2D eigenvalue weighted by Crippen LogP contribution is -2.40. The fourth-order valence-electron chi connectivity index (χ4n) is 2.88. The number of urea groups is 1.